The first kappa shape index (κ1) is 42.1. The maximum Gasteiger partial charge on any atom is 0.0107 e. The van der Waals surface area contributed by atoms with Gasteiger partial charge in [-0.3, -0.25) is 9.80 Å². The van der Waals surface area contributed by atoms with E-state index in [1.54, 1.807) is 25.7 Å². The van der Waals surface area contributed by atoms with Crippen LogP contribution in [0.2, 0.25) is 0 Å². The Morgan fingerprint density at radius 1 is 0.268 bits per heavy atom. The molecular formula is C54H92N2. The smallest absolute Gasteiger partial charge is 0.0107 e. The van der Waals surface area contributed by atoms with E-state index in [4.69, 9.17) is 0 Å². The van der Waals surface area contributed by atoms with Crippen molar-refractivity contribution >= 4 is 0 Å². The molecule has 0 aromatic heterocycles. The predicted molar refractivity (Wildman–Crippen MR) is 241 cm³/mol. The quantitative estimate of drug-likeness (QED) is 0.193. The average Bonchev–Trinajstić information content (AvgIpc) is 3.25. The maximum atomic E-state index is 3.26. The molecule has 0 radical (unpaired) electrons. The molecule has 2 unspecified atom stereocenters. The van der Waals surface area contributed by atoms with Gasteiger partial charge in [-0.2, -0.15) is 0 Å². The monoisotopic (exact) mass is 769 g/mol. The minimum atomic E-state index is 0.848. The number of rotatable bonds is 11. The molecule has 0 saturated heterocycles. The van der Waals surface area contributed by atoms with Crippen LogP contribution in [-0.2, 0) is 0 Å². The molecule has 8 saturated carbocycles. The van der Waals surface area contributed by atoms with Crippen LogP contribution >= 0.6 is 0 Å². The van der Waals surface area contributed by atoms with Gasteiger partial charge in [0.2, 0.25) is 0 Å². The summed E-state index contributed by atoms with van der Waals surface area (Å²) in [6.07, 6.45) is 61.4. The second-order valence-electron chi connectivity index (χ2n) is 22.6. The van der Waals surface area contributed by atoms with Gasteiger partial charge in [-0.1, -0.05) is 109 Å². The molecule has 56 heavy (non-hydrogen) atoms. The molecule has 8 aliphatic rings. The first-order valence-electron chi connectivity index (χ1n) is 26.5. The van der Waals surface area contributed by atoms with Gasteiger partial charge >= 0.3 is 0 Å². The number of allylic oxidation sites excluding steroid dienone is 4. The van der Waals surface area contributed by atoms with E-state index in [0.717, 1.165) is 83.6 Å². The Labute approximate surface area is 348 Å². The fourth-order valence-electron chi connectivity index (χ4n) is 15.1. The minimum absolute atomic E-state index is 0.848. The molecule has 0 aromatic rings. The molecule has 0 N–H and O–H groups in total. The Balaban J connectivity index is 0.829. The molecule has 0 heterocycles. The van der Waals surface area contributed by atoms with Gasteiger partial charge < -0.3 is 0 Å². The van der Waals surface area contributed by atoms with Gasteiger partial charge in [0.1, 0.15) is 0 Å². The van der Waals surface area contributed by atoms with Gasteiger partial charge in [-0.25, -0.2) is 0 Å². The number of hydrogen-bond donors (Lipinski definition) is 0. The van der Waals surface area contributed by atoms with Crippen molar-refractivity contribution in [2.75, 3.05) is 0 Å². The highest BCUT2D eigenvalue weighted by molar-refractivity contribution is 5.02. The SMILES string of the molecule is CC1CCC(C=CC2CCC(N(C3CCCCC3)C3CCC(C4CCC(N(C5CCCCC5)C5CCCC(C=CC6CCC(C)CC6)C5)CC4)CC3)CC2)CC1. The Morgan fingerprint density at radius 3 is 1.02 bits per heavy atom. The van der Waals surface area contributed by atoms with Crippen molar-refractivity contribution in [2.45, 2.75) is 268 Å². The first-order valence-corrected chi connectivity index (χ1v) is 26.5. The van der Waals surface area contributed by atoms with E-state index in [-0.39, 0.29) is 0 Å². The third kappa shape index (κ3) is 11.4. The summed E-state index contributed by atoms with van der Waals surface area (Å²) in [5.74, 6) is 7.46. The molecule has 0 aromatic carbocycles. The summed E-state index contributed by atoms with van der Waals surface area (Å²) in [6.45, 7) is 4.93. The molecule has 0 bridgehead atoms. The Morgan fingerprint density at radius 2 is 0.589 bits per heavy atom. The second kappa shape index (κ2) is 21.3. The van der Waals surface area contributed by atoms with Crippen molar-refractivity contribution in [3.63, 3.8) is 0 Å². The molecule has 0 aliphatic heterocycles. The molecule has 2 heteroatoms. The third-order valence-corrected chi connectivity index (χ3v) is 18.7. The lowest BCUT2D eigenvalue weighted by molar-refractivity contribution is -0.00819. The van der Waals surface area contributed by atoms with Crippen molar-refractivity contribution in [3.8, 4) is 0 Å². The van der Waals surface area contributed by atoms with Crippen LogP contribution in [0.1, 0.15) is 232 Å². The molecule has 2 nitrogen and oxygen atoms in total. The molecule has 8 rings (SSSR count). The molecule has 318 valence electrons. The van der Waals surface area contributed by atoms with Gasteiger partial charge in [0.15, 0.2) is 0 Å². The van der Waals surface area contributed by atoms with Crippen molar-refractivity contribution in [3.05, 3.63) is 24.3 Å². The normalized spacial score (nSPS) is 41.9. The lowest BCUT2D eigenvalue weighted by Crippen LogP contribution is -2.53. The predicted octanol–water partition coefficient (Wildman–Crippen LogP) is 15.3. The van der Waals surface area contributed by atoms with Crippen molar-refractivity contribution in [1.82, 2.24) is 9.80 Å². The van der Waals surface area contributed by atoms with Crippen LogP contribution in [0.5, 0.6) is 0 Å². The molecular weight excluding hydrogens is 677 g/mol. The van der Waals surface area contributed by atoms with E-state index in [0.29, 0.717) is 0 Å². The molecule has 0 amide bonds. The summed E-state index contributed by atoms with van der Waals surface area (Å²) in [5, 5.41) is 0. The largest absolute Gasteiger partial charge is 0.294 e. The summed E-state index contributed by atoms with van der Waals surface area (Å²) >= 11 is 0. The zero-order chi connectivity index (χ0) is 38.1. The van der Waals surface area contributed by atoms with Crippen molar-refractivity contribution in [1.29, 1.82) is 0 Å². The number of nitrogens with zero attached hydrogens (tertiary/aromatic N) is 2. The number of hydrogen-bond acceptors (Lipinski definition) is 2. The van der Waals surface area contributed by atoms with E-state index in [9.17, 15) is 0 Å². The van der Waals surface area contributed by atoms with E-state index >= 15 is 0 Å². The Kier molecular flexibility index (Phi) is 16.0. The first-order chi connectivity index (χ1) is 27.6. The van der Waals surface area contributed by atoms with Gasteiger partial charge in [-0.15, -0.1) is 0 Å². The topological polar surface area (TPSA) is 6.48 Å². The van der Waals surface area contributed by atoms with E-state index in [2.05, 4.69) is 48.0 Å². The van der Waals surface area contributed by atoms with Crippen LogP contribution in [0.25, 0.3) is 0 Å². The highest BCUT2D eigenvalue weighted by atomic mass is 15.2. The van der Waals surface area contributed by atoms with Crippen LogP contribution < -0.4 is 0 Å². The second-order valence-corrected chi connectivity index (χ2v) is 22.6. The van der Waals surface area contributed by atoms with Gasteiger partial charge in [0.25, 0.3) is 0 Å². The van der Waals surface area contributed by atoms with Crippen LogP contribution in [0.4, 0.5) is 0 Å². The fraction of sp³-hybridized carbons (Fsp3) is 0.926. The summed E-state index contributed by atoms with van der Waals surface area (Å²) in [5.41, 5.74) is 0. The van der Waals surface area contributed by atoms with E-state index in [1.165, 1.54) is 193 Å². The van der Waals surface area contributed by atoms with Gasteiger partial charge in [0, 0.05) is 36.3 Å². The van der Waals surface area contributed by atoms with E-state index in [1.807, 2.05) is 0 Å². The fourth-order valence-corrected chi connectivity index (χ4v) is 15.1. The molecule has 0 spiro atoms. The summed E-state index contributed by atoms with van der Waals surface area (Å²) in [6, 6.07) is 5.32. The minimum Gasteiger partial charge on any atom is -0.294 e. The zero-order valence-corrected chi connectivity index (χ0v) is 37.3. The van der Waals surface area contributed by atoms with Crippen molar-refractivity contribution in [2.24, 2.45) is 47.3 Å². The van der Waals surface area contributed by atoms with Crippen LogP contribution in [0.15, 0.2) is 24.3 Å². The average molecular weight is 769 g/mol. The lowest BCUT2D eigenvalue weighted by atomic mass is 9.70. The van der Waals surface area contributed by atoms with Gasteiger partial charge in [-0.05, 0) is 195 Å². The highest BCUT2D eigenvalue weighted by Crippen LogP contribution is 2.46. The van der Waals surface area contributed by atoms with Crippen molar-refractivity contribution < 1.29 is 0 Å². The van der Waals surface area contributed by atoms with Gasteiger partial charge in [0.05, 0.1) is 0 Å². The molecule has 8 aliphatic carbocycles. The van der Waals surface area contributed by atoms with Crippen LogP contribution in [0, 0.1) is 47.3 Å². The third-order valence-electron chi connectivity index (χ3n) is 18.7. The maximum absolute atomic E-state index is 3.26. The standard InChI is InChI=1S/C54H92N2/c1-41-16-20-43(21-17-41)24-25-45-28-34-51(35-29-45)55(49-11-5-3-6-12-49)52-36-30-47(31-37-52)48-32-38-53(39-33-48)56(50-13-7-4-8-14-50)54-15-9-10-46(40-54)27-26-44-22-18-42(2)19-23-44/h24-27,41-54H,3-23,28-40H2,1-2H3. The highest BCUT2D eigenvalue weighted by Gasteiger charge is 2.41. The van der Waals surface area contributed by atoms with Crippen LogP contribution in [0.3, 0.4) is 0 Å². The summed E-state index contributed by atoms with van der Waals surface area (Å²) in [7, 11) is 0. The summed E-state index contributed by atoms with van der Waals surface area (Å²) in [4.78, 5) is 6.51. The molecule has 2 atom stereocenters. The van der Waals surface area contributed by atoms with E-state index < -0.39 is 0 Å². The van der Waals surface area contributed by atoms with Crippen LogP contribution in [-0.4, -0.2) is 46.1 Å². The lowest BCUT2D eigenvalue weighted by Gasteiger charge is -2.51. The Bertz CT molecular complexity index is 1150. The molecule has 8 fully saturated rings. The zero-order valence-electron chi connectivity index (χ0n) is 37.3. The summed E-state index contributed by atoms with van der Waals surface area (Å²) < 4.78 is 0. The Hall–Kier alpha value is -0.600.